The summed E-state index contributed by atoms with van der Waals surface area (Å²) in [4.78, 5) is 1.09. The monoisotopic (exact) mass is 302 g/mol. The van der Waals surface area contributed by atoms with Gasteiger partial charge in [0.1, 0.15) is 0 Å². The van der Waals surface area contributed by atoms with Gasteiger partial charge in [0.15, 0.2) is 0 Å². The van der Waals surface area contributed by atoms with Crippen molar-refractivity contribution in [3.8, 4) is 0 Å². The molecular formula is C14H23ClN2OS. The highest BCUT2D eigenvalue weighted by Gasteiger charge is 2.33. The van der Waals surface area contributed by atoms with Crippen LogP contribution in [0.5, 0.6) is 0 Å². The summed E-state index contributed by atoms with van der Waals surface area (Å²) in [6.07, 6.45) is 6.51. The summed E-state index contributed by atoms with van der Waals surface area (Å²) in [6, 6.07) is 1.92. The Morgan fingerprint density at radius 2 is 2.21 bits per heavy atom. The van der Waals surface area contributed by atoms with Crippen LogP contribution in [0.4, 0.5) is 0 Å². The number of nitrogens with two attached hydrogens (primary N) is 1. The molecule has 0 aliphatic heterocycles. The SMILES string of the molecule is CCOC(C1CCCCC1)C(NN)c1sccc1Cl. The van der Waals surface area contributed by atoms with Crippen molar-refractivity contribution in [1.82, 2.24) is 5.43 Å². The zero-order valence-electron chi connectivity index (χ0n) is 11.4. The quantitative estimate of drug-likeness (QED) is 0.619. The maximum Gasteiger partial charge on any atom is 0.0832 e. The van der Waals surface area contributed by atoms with Crippen LogP contribution >= 0.6 is 22.9 Å². The van der Waals surface area contributed by atoms with E-state index in [0.717, 1.165) is 9.90 Å². The Morgan fingerprint density at radius 1 is 1.47 bits per heavy atom. The van der Waals surface area contributed by atoms with E-state index in [0.29, 0.717) is 12.5 Å². The predicted molar refractivity (Wildman–Crippen MR) is 81.4 cm³/mol. The zero-order chi connectivity index (χ0) is 13.7. The third-order valence-corrected chi connectivity index (χ3v) is 5.35. The van der Waals surface area contributed by atoms with Gasteiger partial charge in [-0.1, -0.05) is 30.9 Å². The third-order valence-electron chi connectivity index (χ3n) is 3.91. The molecule has 1 aliphatic rings. The van der Waals surface area contributed by atoms with Gasteiger partial charge in [0.05, 0.1) is 17.2 Å². The second kappa shape index (κ2) is 7.60. The zero-order valence-corrected chi connectivity index (χ0v) is 13.0. The Labute approximate surface area is 124 Å². The van der Waals surface area contributed by atoms with Crippen LogP contribution in [0.3, 0.4) is 0 Å². The maximum absolute atomic E-state index is 6.26. The van der Waals surface area contributed by atoms with E-state index < -0.39 is 0 Å². The largest absolute Gasteiger partial charge is 0.376 e. The molecule has 3 N–H and O–H groups in total. The minimum absolute atomic E-state index is 0.00412. The van der Waals surface area contributed by atoms with E-state index in [-0.39, 0.29) is 12.1 Å². The molecule has 0 saturated heterocycles. The number of halogens is 1. The molecule has 2 rings (SSSR count). The minimum Gasteiger partial charge on any atom is -0.376 e. The maximum atomic E-state index is 6.26. The number of hydrogen-bond acceptors (Lipinski definition) is 4. The van der Waals surface area contributed by atoms with Crippen LogP contribution in [0, 0.1) is 5.92 Å². The summed E-state index contributed by atoms with van der Waals surface area (Å²) >= 11 is 7.90. The Bertz CT molecular complexity index is 379. The van der Waals surface area contributed by atoms with Gasteiger partial charge in [0.25, 0.3) is 0 Å². The second-order valence-corrected chi connectivity index (χ2v) is 6.45. The lowest BCUT2D eigenvalue weighted by molar-refractivity contribution is -0.0176. The van der Waals surface area contributed by atoms with Gasteiger partial charge in [0.2, 0.25) is 0 Å². The molecule has 1 fully saturated rings. The highest BCUT2D eigenvalue weighted by molar-refractivity contribution is 7.10. The standard InChI is InChI=1S/C14H23ClN2OS/c1-2-18-13(10-6-4-3-5-7-10)12(17-16)14-11(15)8-9-19-14/h8-10,12-13,17H,2-7,16H2,1H3. The van der Waals surface area contributed by atoms with Gasteiger partial charge in [-0.05, 0) is 37.1 Å². The van der Waals surface area contributed by atoms with Gasteiger partial charge >= 0.3 is 0 Å². The topological polar surface area (TPSA) is 47.3 Å². The van der Waals surface area contributed by atoms with Crippen LogP contribution in [0.15, 0.2) is 11.4 Å². The fourth-order valence-corrected chi connectivity index (χ4v) is 4.28. The van der Waals surface area contributed by atoms with Crippen molar-refractivity contribution in [3.63, 3.8) is 0 Å². The molecule has 0 spiro atoms. The molecule has 1 aromatic heterocycles. The van der Waals surface area contributed by atoms with Gasteiger partial charge in [-0.2, -0.15) is 0 Å². The Morgan fingerprint density at radius 3 is 2.74 bits per heavy atom. The average molecular weight is 303 g/mol. The molecule has 2 unspecified atom stereocenters. The predicted octanol–water partition coefficient (Wildman–Crippen LogP) is 3.89. The fourth-order valence-electron chi connectivity index (χ4n) is 3.01. The molecule has 0 radical (unpaired) electrons. The van der Waals surface area contributed by atoms with Crippen molar-refractivity contribution in [2.75, 3.05) is 6.61 Å². The van der Waals surface area contributed by atoms with Gasteiger partial charge in [-0.25, -0.2) is 5.43 Å². The summed E-state index contributed by atoms with van der Waals surface area (Å²) < 4.78 is 6.02. The first-order valence-electron chi connectivity index (χ1n) is 7.08. The molecule has 1 heterocycles. The van der Waals surface area contributed by atoms with Crippen molar-refractivity contribution in [2.24, 2.45) is 11.8 Å². The first kappa shape index (κ1) is 15.3. The summed E-state index contributed by atoms with van der Waals surface area (Å²) in [5, 5.41) is 2.79. The fraction of sp³-hybridized carbons (Fsp3) is 0.714. The van der Waals surface area contributed by atoms with E-state index in [1.807, 2.05) is 18.4 Å². The summed E-state index contributed by atoms with van der Waals surface area (Å²) in [5.41, 5.74) is 2.93. The first-order chi connectivity index (χ1) is 9.27. The number of hydrogen-bond donors (Lipinski definition) is 2. The van der Waals surface area contributed by atoms with Crippen LogP contribution in [0.25, 0.3) is 0 Å². The highest BCUT2D eigenvalue weighted by Crippen LogP contribution is 2.38. The van der Waals surface area contributed by atoms with Crippen molar-refractivity contribution in [2.45, 2.75) is 51.2 Å². The van der Waals surface area contributed by atoms with Crippen molar-refractivity contribution in [3.05, 3.63) is 21.3 Å². The van der Waals surface area contributed by atoms with Crippen LogP contribution in [-0.4, -0.2) is 12.7 Å². The third kappa shape index (κ3) is 3.70. The smallest absolute Gasteiger partial charge is 0.0832 e. The van der Waals surface area contributed by atoms with Crippen LogP contribution < -0.4 is 11.3 Å². The molecule has 1 aromatic rings. The van der Waals surface area contributed by atoms with Gasteiger partial charge in [0, 0.05) is 11.5 Å². The van der Waals surface area contributed by atoms with E-state index in [1.165, 1.54) is 32.1 Å². The van der Waals surface area contributed by atoms with Gasteiger partial charge < -0.3 is 4.74 Å². The number of hydrazine groups is 1. The first-order valence-corrected chi connectivity index (χ1v) is 8.34. The lowest BCUT2D eigenvalue weighted by atomic mass is 9.82. The normalized spacial score (nSPS) is 20.4. The number of thiophene rings is 1. The molecule has 3 nitrogen and oxygen atoms in total. The highest BCUT2D eigenvalue weighted by atomic mass is 35.5. The molecule has 5 heteroatoms. The van der Waals surface area contributed by atoms with Gasteiger partial charge in [-0.3, -0.25) is 5.84 Å². The summed E-state index contributed by atoms with van der Waals surface area (Å²) in [5.74, 6) is 6.37. The van der Waals surface area contributed by atoms with Crippen molar-refractivity contribution < 1.29 is 4.74 Å². The number of nitrogens with one attached hydrogen (secondary N) is 1. The number of ether oxygens (including phenoxy) is 1. The van der Waals surface area contributed by atoms with Gasteiger partial charge in [-0.15, -0.1) is 11.3 Å². The lowest BCUT2D eigenvalue weighted by Gasteiger charge is -2.35. The second-order valence-electron chi connectivity index (χ2n) is 5.10. The molecule has 108 valence electrons. The average Bonchev–Trinajstić information content (AvgIpc) is 2.86. The van der Waals surface area contributed by atoms with Crippen molar-refractivity contribution >= 4 is 22.9 Å². The Balaban J connectivity index is 2.17. The van der Waals surface area contributed by atoms with Crippen LogP contribution in [-0.2, 0) is 4.74 Å². The molecule has 1 aliphatic carbocycles. The molecule has 1 saturated carbocycles. The Hall–Kier alpha value is -0.130. The molecule has 19 heavy (non-hydrogen) atoms. The molecule has 2 atom stereocenters. The van der Waals surface area contributed by atoms with E-state index >= 15 is 0 Å². The lowest BCUT2D eigenvalue weighted by Crippen LogP contribution is -2.42. The van der Waals surface area contributed by atoms with E-state index in [4.69, 9.17) is 22.2 Å². The summed E-state index contributed by atoms with van der Waals surface area (Å²) in [7, 11) is 0. The summed E-state index contributed by atoms with van der Waals surface area (Å²) in [6.45, 7) is 2.75. The van der Waals surface area contributed by atoms with Crippen molar-refractivity contribution in [1.29, 1.82) is 0 Å². The van der Waals surface area contributed by atoms with Crippen LogP contribution in [0.1, 0.15) is 49.9 Å². The number of rotatable bonds is 6. The van der Waals surface area contributed by atoms with Crippen LogP contribution in [0.2, 0.25) is 5.02 Å². The molecule has 0 amide bonds. The minimum atomic E-state index is -0.00412. The molecule has 0 aromatic carbocycles. The van der Waals surface area contributed by atoms with E-state index in [9.17, 15) is 0 Å². The van der Waals surface area contributed by atoms with E-state index in [2.05, 4.69) is 5.43 Å². The molecule has 0 bridgehead atoms. The van der Waals surface area contributed by atoms with E-state index in [1.54, 1.807) is 11.3 Å². The molecular weight excluding hydrogens is 280 g/mol. The Kier molecular flexibility index (Phi) is 6.10.